The summed E-state index contributed by atoms with van der Waals surface area (Å²) in [5.74, 6) is -0.345. The molecule has 3 nitrogen and oxygen atoms in total. The van der Waals surface area contributed by atoms with Crippen LogP contribution in [0.25, 0.3) is 0 Å². The molecule has 138 valence electrons. The summed E-state index contributed by atoms with van der Waals surface area (Å²) in [5, 5.41) is 0. The Morgan fingerprint density at radius 2 is 1.41 bits per heavy atom. The monoisotopic (exact) mass is 377 g/mol. The van der Waals surface area contributed by atoms with E-state index < -0.39 is 11.0 Å². The van der Waals surface area contributed by atoms with Crippen molar-refractivity contribution in [2.45, 2.75) is 24.8 Å². The highest BCUT2D eigenvalue weighted by Crippen LogP contribution is 2.26. The number of Topliss-reactive ketones (excluding diaryl/α,β-unsaturated/α-hetero) is 1. The van der Waals surface area contributed by atoms with Crippen LogP contribution in [0.1, 0.15) is 34.5 Å². The van der Waals surface area contributed by atoms with E-state index in [1.165, 1.54) is 0 Å². The molecule has 0 fully saturated rings. The average Bonchev–Trinajstić information content (AvgIpc) is 2.72. The van der Waals surface area contributed by atoms with E-state index >= 15 is 0 Å². The van der Waals surface area contributed by atoms with Crippen LogP contribution in [0.3, 0.4) is 0 Å². The van der Waals surface area contributed by atoms with E-state index in [-0.39, 0.29) is 17.7 Å². The van der Waals surface area contributed by atoms with Gasteiger partial charge < -0.3 is 0 Å². The molecule has 0 aliphatic heterocycles. The Labute approximate surface area is 163 Å². The van der Waals surface area contributed by atoms with E-state index in [9.17, 15) is 9.00 Å². The SMILES string of the molecule is Cc1ccc([S@](=O)N[C@@H](c2ccccc2)[C@H](C)C(=O)c2ccccc2)cc1. The lowest BCUT2D eigenvalue weighted by Gasteiger charge is -2.24. The molecule has 0 aromatic heterocycles. The van der Waals surface area contributed by atoms with Gasteiger partial charge in [0.05, 0.1) is 10.9 Å². The van der Waals surface area contributed by atoms with Gasteiger partial charge in [-0.05, 0) is 24.6 Å². The van der Waals surface area contributed by atoms with Gasteiger partial charge in [-0.1, -0.05) is 85.3 Å². The van der Waals surface area contributed by atoms with Gasteiger partial charge >= 0.3 is 0 Å². The maximum absolute atomic E-state index is 13.0. The first kappa shape index (κ1) is 19.2. The normalized spacial score (nSPS) is 14.3. The number of ketones is 1. The summed E-state index contributed by atoms with van der Waals surface area (Å²) in [4.78, 5) is 13.7. The predicted molar refractivity (Wildman–Crippen MR) is 110 cm³/mol. The van der Waals surface area contributed by atoms with E-state index in [0.717, 1.165) is 11.1 Å². The zero-order valence-corrected chi connectivity index (χ0v) is 16.3. The lowest BCUT2D eigenvalue weighted by molar-refractivity contribution is 0.0909. The number of carbonyl (C=O) groups is 1. The third-order valence-electron chi connectivity index (χ3n) is 4.60. The lowest BCUT2D eigenvalue weighted by Crippen LogP contribution is -2.32. The van der Waals surface area contributed by atoms with Crippen LogP contribution in [0.2, 0.25) is 0 Å². The van der Waals surface area contributed by atoms with Crippen molar-refractivity contribution < 1.29 is 9.00 Å². The van der Waals surface area contributed by atoms with Crippen molar-refractivity contribution in [1.29, 1.82) is 0 Å². The smallest absolute Gasteiger partial charge is 0.167 e. The van der Waals surface area contributed by atoms with Crippen LogP contribution in [0.5, 0.6) is 0 Å². The highest BCUT2D eigenvalue weighted by molar-refractivity contribution is 7.83. The Hall–Kier alpha value is -2.56. The van der Waals surface area contributed by atoms with Gasteiger partial charge in [-0.15, -0.1) is 0 Å². The van der Waals surface area contributed by atoms with E-state index in [1.807, 2.05) is 98.8 Å². The summed E-state index contributed by atoms with van der Waals surface area (Å²) in [5.41, 5.74) is 2.71. The van der Waals surface area contributed by atoms with Crippen LogP contribution in [-0.4, -0.2) is 9.99 Å². The molecule has 0 unspecified atom stereocenters. The highest BCUT2D eigenvalue weighted by Gasteiger charge is 2.28. The number of hydrogen-bond acceptors (Lipinski definition) is 2. The van der Waals surface area contributed by atoms with Crippen molar-refractivity contribution in [3.63, 3.8) is 0 Å². The maximum atomic E-state index is 13.0. The van der Waals surface area contributed by atoms with Crippen LogP contribution in [0.15, 0.2) is 89.8 Å². The molecule has 0 radical (unpaired) electrons. The summed E-state index contributed by atoms with van der Waals surface area (Å²) in [6, 6.07) is 26.2. The van der Waals surface area contributed by atoms with E-state index in [2.05, 4.69) is 4.72 Å². The first-order valence-electron chi connectivity index (χ1n) is 8.95. The van der Waals surface area contributed by atoms with Crippen molar-refractivity contribution in [3.8, 4) is 0 Å². The summed E-state index contributed by atoms with van der Waals surface area (Å²) in [6.07, 6.45) is 0. The minimum atomic E-state index is -1.42. The maximum Gasteiger partial charge on any atom is 0.167 e. The number of hydrogen-bond donors (Lipinski definition) is 1. The molecule has 0 heterocycles. The fraction of sp³-hybridized carbons (Fsp3) is 0.174. The summed E-state index contributed by atoms with van der Waals surface area (Å²) in [7, 11) is -1.42. The second-order valence-corrected chi connectivity index (χ2v) is 7.85. The fourth-order valence-corrected chi connectivity index (χ4v) is 4.07. The largest absolute Gasteiger partial charge is 0.294 e. The molecule has 3 rings (SSSR count). The lowest BCUT2D eigenvalue weighted by atomic mass is 9.89. The first-order chi connectivity index (χ1) is 13.1. The third kappa shape index (κ3) is 4.79. The summed E-state index contributed by atoms with van der Waals surface area (Å²) in [6.45, 7) is 3.87. The predicted octanol–water partition coefficient (Wildman–Crippen LogP) is 4.87. The molecule has 3 atom stereocenters. The zero-order chi connectivity index (χ0) is 19.2. The molecular formula is C23H23NO2S. The molecule has 0 amide bonds. The Balaban J connectivity index is 1.88. The van der Waals surface area contributed by atoms with Gasteiger partial charge in [-0.3, -0.25) is 4.79 Å². The van der Waals surface area contributed by atoms with Crippen LogP contribution in [-0.2, 0) is 11.0 Å². The van der Waals surface area contributed by atoms with Gasteiger partial charge in [0.25, 0.3) is 0 Å². The molecule has 27 heavy (non-hydrogen) atoms. The van der Waals surface area contributed by atoms with Crippen molar-refractivity contribution in [3.05, 3.63) is 102 Å². The van der Waals surface area contributed by atoms with Crippen molar-refractivity contribution in [2.24, 2.45) is 5.92 Å². The molecule has 1 N–H and O–H groups in total. The molecule has 0 aliphatic rings. The number of aryl methyl sites for hydroxylation is 1. The fourth-order valence-electron chi connectivity index (χ4n) is 2.98. The van der Waals surface area contributed by atoms with Gasteiger partial charge in [0, 0.05) is 11.5 Å². The van der Waals surface area contributed by atoms with Crippen LogP contribution in [0, 0.1) is 12.8 Å². The molecule has 0 spiro atoms. The third-order valence-corrected chi connectivity index (χ3v) is 5.77. The minimum Gasteiger partial charge on any atom is -0.294 e. The van der Waals surface area contributed by atoms with E-state index in [4.69, 9.17) is 0 Å². The second-order valence-electron chi connectivity index (χ2n) is 6.61. The van der Waals surface area contributed by atoms with Crippen LogP contribution < -0.4 is 4.72 Å². The summed E-state index contributed by atoms with van der Waals surface area (Å²) < 4.78 is 16.1. The number of rotatable bonds is 7. The molecule has 3 aromatic rings. The Morgan fingerprint density at radius 3 is 2.00 bits per heavy atom. The van der Waals surface area contributed by atoms with Crippen molar-refractivity contribution in [2.75, 3.05) is 0 Å². The minimum absolute atomic E-state index is 0.0258. The number of nitrogens with one attached hydrogen (secondary N) is 1. The van der Waals surface area contributed by atoms with Gasteiger partial charge in [-0.25, -0.2) is 8.93 Å². The molecule has 0 aliphatic carbocycles. The first-order valence-corrected chi connectivity index (χ1v) is 10.1. The average molecular weight is 378 g/mol. The topological polar surface area (TPSA) is 46.2 Å². The van der Waals surface area contributed by atoms with E-state index in [1.54, 1.807) is 0 Å². The molecule has 0 bridgehead atoms. The number of benzene rings is 3. The van der Waals surface area contributed by atoms with Gasteiger partial charge in [0.15, 0.2) is 5.78 Å². The molecular weight excluding hydrogens is 354 g/mol. The summed E-state index contributed by atoms with van der Waals surface area (Å²) >= 11 is 0. The molecule has 3 aromatic carbocycles. The van der Waals surface area contributed by atoms with Crippen LogP contribution in [0.4, 0.5) is 0 Å². The Kier molecular flexibility index (Phi) is 6.32. The number of carbonyl (C=O) groups excluding carboxylic acids is 1. The Bertz CT molecular complexity index is 908. The van der Waals surface area contributed by atoms with Crippen molar-refractivity contribution in [1.82, 2.24) is 4.72 Å². The van der Waals surface area contributed by atoms with Gasteiger partial charge in [0.1, 0.15) is 11.0 Å². The molecule has 4 heteroatoms. The van der Waals surface area contributed by atoms with Crippen LogP contribution >= 0.6 is 0 Å². The molecule has 0 saturated carbocycles. The van der Waals surface area contributed by atoms with Gasteiger partial charge in [-0.2, -0.15) is 0 Å². The van der Waals surface area contributed by atoms with Crippen molar-refractivity contribution >= 4 is 16.8 Å². The Morgan fingerprint density at radius 1 is 0.852 bits per heavy atom. The molecule has 0 saturated heterocycles. The van der Waals surface area contributed by atoms with E-state index in [0.29, 0.717) is 10.5 Å². The second kappa shape index (κ2) is 8.89. The standard InChI is InChI=1S/C23H23NO2S/c1-17-13-15-21(16-14-17)27(26)24-22(19-9-5-3-6-10-19)18(2)23(25)20-11-7-4-8-12-20/h3-16,18,22,24H,1-2H3/t18-,22+,27-/m0/s1. The highest BCUT2D eigenvalue weighted by atomic mass is 32.2. The van der Waals surface area contributed by atoms with Gasteiger partial charge in [0.2, 0.25) is 0 Å². The quantitative estimate of drug-likeness (QED) is 0.597. The zero-order valence-electron chi connectivity index (χ0n) is 15.5.